The molecule has 2 amide bonds. The van der Waals surface area contributed by atoms with Crippen LogP contribution in [0.3, 0.4) is 0 Å². The summed E-state index contributed by atoms with van der Waals surface area (Å²) in [6.07, 6.45) is -0.828. The van der Waals surface area contributed by atoms with E-state index in [1.165, 1.54) is 4.90 Å². The van der Waals surface area contributed by atoms with E-state index in [-0.39, 0.29) is 30.2 Å². The number of rotatable bonds is 3. The molecule has 1 aliphatic rings. The average molecular weight is 261 g/mol. The average Bonchev–Trinajstić information content (AvgIpc) is 2.57. The van der Waals surface area contributed by atoms with Crippen molar-refractivity contribution in [3.05, 3.63) is 35.4 Å². The lowest BCUT2D eigenvalue weighted by molar-refractivity contribution is -0.141. The number of amides is 2. The SMILES string of the molecule is Cc1ccc(C(O)CN2C(=O)C(C)C(C)C2=O)cc1. The molecule has 0 aliphatic carbocycles. The van der Waals surface area contributed by atoms with Gasteiger partial charge in [-0.25, -0.2) is 0 Å². The molecule has 0 saturated carbocycles. The van der Waals surface area contributed by atoms with E-state index in [1.807, 2.05) is 31.2 Å². The fraction of sp³-hybridized carbons (Fsp3) is 0.467. The number of carbonyl (C=O) groups is 2. The summed E-state index contributed by atoms with van der Waals surface area (Å²) in [7, 11) is 0. The van der Waals surface area contributed by atoms with Crippen molar-refractivity contribution in [1.82, 2.24) is 4.90 Å². The van der Waals surface area contributed by atoms with Crippen molar-refractivity contribution < 1.29 is 14.7 Å². The van der Waals surface area contributed by atoms with Crippen LogP contribution in [0.15, 0.2) is 24.3 Å². The summed E-state index contributed by atoms with van der Waals surface area (Å²) in [6.45, 7) is 5.51. The molecule has 4 heteroatoms. The van der Waals surface area contributed by atoms with Gasteiger partial charge in [-0.05, 0) is 12.5 Å². The molecule has 1 heterocycles. The predicted molar refractivity (Wildman–Crippen MR) is 71.2 cm³/mol. The monoisotopic (exact) mass is 261 g/mol. The molecule has 0 aromatic heterocycles. The largest absolute Gasteiger partial charge is 0.387 e. The zero-order chi connectivity index (χ0) is 14.2. The number of aliphatic hydroxyl groups excluding tert-OH is 1. The molecule has 0 radical (unpaired) electrons. The van der Waals surface area contributed by atoms with E-state index < -0.39 is 6.10 Å². The first kappa shape index (κ1) is 13.7. The Hall–Kier alpha value is -1.68. The number of aryl methyl sites for hydroxylation is 1. The summed E-state index contributed by atoms with van der Waals surface area (Å²) in [5, 5.41) is 10.1. The van der Waals surface area contributed by atoms with Gasteiger partial charge < -0.3 is 5.11 Å². The van der Waals surface area contributed by atoms with E-state index in [9.17, 15) is 14.7 Å². The molecular formula is C15H19NO3. The predicted octanol–water partition coefficient (Wildman–Crippen LogP) is 1.67. The summed E-state index contributed by atoms with van der Waals surface area (Å²) in [5.41, 5.74) is 1.82. The summed E-state index contributed by atoms with van der Waals surface area (Å²) in [5.74, 6) is -0.970. The van der Waals surface area contributed by atoms with Crippen LogP contribution in [0.1, 0.15) is 31.1 Å². The van der Waals surface area contributed by atoms with Gasteiger partial charge in [-0.1, -0.05) is 43.7 Å². The van der Waals surface area contributed by atoms with Gasteiger partial charge in [0.15, 0.2) is 0 Å². The second-order valence-electron chi connectivity index (χ2n) is 5.29. The Labute approximate surface area is 113 Å². The van der Waals surface area contributed by atoms with E-state index >= 15 is 0 Å². The topological polar surface area (TPSA) is 57.6 Å². The second-order valence-corrected chi connectivity index (χ2v) is 5.29. The molecular weight excluding hydrogens is 242 g/mol. The molecule has 4 nitrogen and oxygen atoms in total. The van der Waals surface area contributed by atoms with Gasteiger partial charge in [0.1, 0.15) is 0 Å². The van der Waals surface area contributed by atoms with Crippen LogP contribution in [0.25, 0.3) is 0 Å². The molecule has 1 aromatic rings. The van der Waals surface area contributed by atoms with Crippen molar-refractivity contribution in [3.8, 4) is 0 Å². The van der Waals surface area contributed by atoms with E-state index in [0.717, 1.165) is 11.1 Å². The molecule has 1 aromatic carbocycles. The van der Waals surface area contributed by atoms with Gasteiger partial charge >= 0.3 is 0 Å². The molecule has 1 fully saturated rings. The van der Waals surface area contributed by atoms with Gasteiger partial charge in [0.2, 0.25) is 11.8 Å². The molecule has 19 heavy (non-hydrogen) atoms. The number of nitrogens with zero attached hydrogens (tertiary/aromatic N) is 1. The second kappa shape index (κ2) is 5.13. The van der Waals surface area contributed by atoms with Crippen molar-refractivity contribution in [2.75, 3.05) is 6.54 Å². The van der Waals surface area contributed by atoms with Gasteiger partial charge in [-0.3, -0.25) is 14.5 Å². The third kappa shape index (κ3) is 2.54. The number of likely N-dealkylation sites (tertiary alicyclic amines) is 1. The number of hydrogen-bond donors (Lipinski definition) is 1. The fourth-order valence-electron chi connectivity index (χ4n) is 2.27. The Balaban J connectivity index is 2.11. The van der Waals surface area contributed by atoms with Crippen LogP contribution in [-0.2, 0) is 9.59 Å². The molecule has 1 saturated heterocycles. The van der Waals surface area contributed by atoms with E-state index in [1.54, 1.807) is 13.8 Å². The minimum atomic E-state index is -0.828. The Morgan fingerprint density at radius 1 is 1.11 bits per heavy atom. The van der Waals surface area contributed by atoms with Crippen molar-refractivity contribution in [2.45, 2.75) is 26.9 Å². The van der Waals surface area contributed by atoms with E-state index in [4.69, 9.17) is 0 Å². The smallest absolute Gasteiger partial charge is 0.232 e. The van der Waals surface area contributed by atoms with Gasteiger partial charge in [-0.2, -0.15) is 0 Å². The normalized spacial score (nSPS) is 24.9. The first-order chi connectivity index (χ1) is 8.91. The third-order valence-corrected chi connectivity index (χ3v) is 3.88. The Bertz CT molecular complexity index is 475. The standard InChI is InChI=1S/C15H19NO3/c1-9-4-6-12(7-5-9)13(17)8-16-14(18)10(2)11(3)15(16)19/h4-7,10-11,13,17H,8H2,1-3H3. The molecule has 102 valence electrons. The number of benzene rings is 1. The lowest BCUT2D eigenvalue weighted by Gasteiger charge is -2.19. The Kier molecular flexibility index (Phi) is 3.71. The highest BCUT2D eigenvalue weighted by Gasteiger charge is 2.42. The van der Waals surface area contributed by atoms with Crippen LogP contribution in [0.2, 0.25) is 0 Å². The van der Waals surface area contributed by atoms with Crippen molar-refractivity contribution >= 4 is 11.8 Å². The highest BCUT2D eigenvalue weighted by Crippen LogP contribution is 2.27. The fourth-order valence-corrected chi connectivity index (χ4v) is 2.27. The molecule has 1 N–H and O–H groups in total. The number of aliphatic hydroxyl groups is 1. The van der Waals surface area contributed by atoms with E-state index in [0.29, 0.717) is 0 Å². The van der Waals surface area contributed by atoms with Gasteiger partial charge in [0.25, 0.3) is 0 Å². The maximum Gasteiger partial charge on any atom is 0.232 e. The maximum atomic E-state index is 11.9. The molecule has 0 bridgehead atoms. The van der Waals surface area contributed by atoms with Crippen LogP contribution in [0.4, 0.5) is 0 Å². The van der Waals surface area contributed by atoms with Crippen molar-refractivity contribution in [1.29, 1.82) is 0 Å². The van der Waals surface area contributed by atoms with Crippen molar-refractivity contribution in [3.63, 3.8) is 0 Å². The van der Waals surface area contributed by atoms with Crippen LogP contribution < -0.4 is 0 Å². The summed E-state index contributed by atoms with van der Waals surface area (Å²) < 4.78 is 0. The van der Waals surface area contributed by atoms with Crippen molar-refractivity contribution in [2.24, 2.45) is 11.8 Å². The number of carbonyl (C=O) groups excluding carboxylic acids is 2. The minimum absolute atomic E-state index is 0.0371. The maximum absolute atomic E-state index is 11.9. The van der Waals surface area contributed by atoms with Crippen LogP contribution in [0, 0.1) is 18.8 Å². The lowest BCUT2D eigenvalue weighted by atomic mass is 10.00. The molecule has 1 aliphatic heterocycles. The van der Waals surface area contributed by atoms with Crippen LogP contribution in [-0.4, -0.2) is 28.4 Å². The summed E-state index contributed by atoms with van der Waals surface area (Å²) in [4.78, 5) is 25.1. The molecule has 2 rings (SSSR count). The zero-order valence-electron chi connectivity index (χ0n) is 11.5. The molecule has 3 atom stereocenters. The highest BCUT2D eigenvalue weighted by molar-refractivity contribution is 6.04. The summed E-state index contributed by atoms with van der Waals surface area (Å²) in [6, 6.07) is 7.44. The van der Waals surface area contributed by atoms with Crippen LogP contribution >= 0.6 is 0 Å². The minimum Gasteiger partial charge on any atom is -0.387 e. The number of imide groups is 1. The summed E-state index contributed by atoms with van der Waals surface area (Å²) >= 11 is 0. The lowest BCUT2D eigenvalue weighted by Crippen LogP contribution is -2.34. The quantitative estimate of drug-likeness (QED) is 0.842. The van der Waals surface area contributed by atoms with E-state index in [2.05, 4.69) is 0 Å². The highest BCUT2D eigenvalue weighted by atomic mass is 16.3. The van der Waals surface area contributed by atoms with Gasteiger partial charge in [0, 0.05) is 11.8 Å². The molecule has 0 spiro atoms. The Morgan fingerprint density at radius 3 is 2.05 bits per heavy atom. The molecule has 3 unspecified atom stereocenters. The first-order valence-electron chi connectivity index (χ1n) is 6.51. The van der Waals surface area contributed by atoms with Crippen LogP contribution in [0.5, 0.6) is 0 Å². The zero-order valence-corrected chi connectivity index (χ0v) is 11.5. The van der Waals surface area contributed by atoms with Gasteiger partial charge in [0.05, 0.1) is 12.6 Å². The third-order valence-electron chi connectivity index (χ3n) is 3.88. The number of β-amino-alcohol motifs (C(OH)–C–C–N with tert-alkyl or cyclic N) is 1. The first-order valence-corrected chi connectivity index (χ1v) is 6.51. The van der Waals surface area contributed by atoms with Gasteiger partial charge in [-0.15, -0.1) is 0 Å². The number of hydrogen-bond acceptors (Lipinski definition) is 3. The Morgan fingerprint density at radius 2 is 1.58 bits per heavy atom.